The number of nitrogens with zero attached hydrogens (tertiary/aromatic N) is 2. The van der Waals surface area contributed by atoms with Gasteiger partial charge in [-0.05, 0) is 36.4 Å². The number of rotatable bonds is 5. The molecule has 1 heterocycles. The molecule has 24 heavy (non-hydrogen) atoms. The average molecular weight is 339 g/mol. The smallest absolute Gasteiger partial charge is 0.269 e. The number of thioether (sulfide) groups is 1. The van der Waals surface area contributed by atoms with Crippen LogP contribution in [0, 0.1) is 10.1 Å². The number of nitro groups is 1. The lowest BCUT2D eigenvalue weighted by molar-refractivity contribution is -0.384. The average Bonchev–Trinajstić information content (AvgIpc) is 3.14. The summed E-state index contributed by atoms with van der Waals surface area (Å²) in [6.07, 6.45) is 1.59. The molecule has 0 spiro atoms. The van der Waals surface area contributed by atoms with Crippen LogP contribution in [0.5, 0.6) is 0 Å². The van der Waals surface area contributed by atoms with Crippen molar-refractivity contribution in [1.82, 2.24) is 0 Å². The molecular formula is C17H13N3O3S. The standard InChI is InChI=1S/C17H13N3O3S/c21-20(22)14-10-8-13(9-11-14)18-19-17(16-7-4-12-23-16)24-15-5-2-1-3-6-15/h1-12,18H. The van der Waals surface area contributed by atoms with Crippen LogP contribution < -0.4 is 5.43 Å². The van der Waals surface area contributed by atoms with Gasteiger partial charge in [0.15, 0.2) is 10.8 Å². The van der Waals surface area contributed by atoms with Gasteiger partial charge in [0, 0.05) is 17.0 Å². The lowest BCUT2D eigenvalue weighted by atomic mass is 10.3. The van der Waals surface area contributed by atoms with Gasteiger partial charge in [-0.25, -0.2) is 0 Å². The van der Waals surface area contributed by atoms with Gasteiger partial charge in [-0.2, -0.15) is 5.10 Å². The van der Waals surface area contributed by atoms with E-state index in [-0.39, 0.29) is 5.69 Å². The number of hydrazone groups is 1. The molecule has 3 rings (SSSR count). The molecule has 0 saturated carbocycles. The fourth-order valence-electron chi connectivity index (χ4n) is 1.90. The van der Waals surface area contributed by atoms with Crippen LogP contribution in [-0.4, -0.2) is 9.97 Å². The minimum Gasteiger partial charge on any atom is -0.462 e. The molecule has 1 N–H and O–H groups in total. The van der Waals surface area contributed by atoms with Gasteiger partial charge >= 0.3 is 0 Å². The van der Waals surface area contributed by atoms with Crippen LogP contribution in [0.4, 0.5) is 11.4 Å². The number of non-ortho nitro benzene ring substituents is 1. The highest BCUT2D eigenvalue weighted by Crippen LogP contribution is 2.24. The largest absolute Gasteiger partial charge is 0.462 e. The molecule has 0 atom stereocenters. The molecule has 1 aromatic heterocycles. The van der Waals surface area contributed by atoms with Crippen molar-refractivity contribution >= 4 is 28.2 Å². The molecule has 3 aromatic rings. The van der Waals surface area contributed by atoms with Gasteiger partial charge in [0.25, 0.3) is 5.69 Å². The first-order chi connectivity index (χ1) is 11.7. The van der Waals surface area contributed by atoms with Crippen molar-refractivity contribution in [3.05, 3.63) is 88.9 Å². The lowest BCUT2D eigenvalue weighted by Crippen LogP contribution is -1.99. The second-order valence-electron chi connectivity index (χ2n) is 4.73. The molecule has 7 heteroatoms. The first-order valence-corrected chi connectivity index (χ1v) is 7.89. The Morgan fingerprint density at radius 3 is 2.42 bits per heavy atom. The van der Waals surface area contributed by atoms with Crippen molar-refractivity contribution in [1.29, 1.82) is 0 Å². The first-order valence-electron chi connectivity index (χ1n) is 7.07. The van der Waals surface area contributed by atoms with Crippen LogP contribution in [0.1, 0.15) is 5.76 Å². The van der Waals surface area contributed by atoms with Crippen molar-refractivity contribution < 1.29 is 9.34 Å². The number of nitro benzene ring substituents is 1. The summed E-state index contributed by atoms with van der Waals surface area (Å²) in [5, 5.41) is 15.7. The second kappa shape index (κ2) is 7.47. The van der Waals surface area contributed by atoms with E-state index in [0.717, 1.165) is 4.90 Å². The predicted molar refractivity (Wildman–Crippen MR) is 94.3 cm³/mol. The Hall–Kier alpha value is -3.06. The Labute approximate surface area is 142 Å². The van der Waals surface area contributed by atoms with E-state index in [4.69, 9.17) is 4.42 Å². The molecule has 0 aliphatic heterocycles. The topological polar surface area (TPSA) is 80.7 Å². The molecule has 0 aliphatic rings. The third-order valence-electron chi connectivity index (χ3n) is 3.05. The summed E-state index contributed by atoms with van der Waals surface area (Å²) in [5.41, 5.74) is 3.59. The molecule has 0 radical (unpaired) electrons. The minimum absolute atomic E-state index is 0.0365. The van der Waals surface area contributed by atoms with Crippen LogP contribution in [0.3, 0.4) is 0 Å². The zero-order valence-corrected chi connectivity index (χ0v) is 13.3. The summed E-state index contributed by atoms with van der Waals surface area (Å²) in [4.78, 5) is 11.3. The van der Waals surface area contributed by atoms with Gasteiger partial charge in [0.2, 0.25) is 0 Å². The highest BCUT2D eigenvalue weighted by atomic mass is 32.2. The molecule has 0 saturated heterocycles. The minimum atomic E-state index is -0.438. The normalized spacial score (nSPS) is 11.2. The maximum Gasteiger partial charge on any atom is 0.269 e. The highest BCUT2D eigenvalue weighted by Gasteiger charge is 2.10. The number of hydrogen-bond donors (Lipinski definition) is 1. The number of furan rings is 1. The summed E-state index contributed by atoms with van der Waals surface area (Å²) in [6, 6.07) is 19.5. The molecule has 6 nitrogen and oxygen atoms in total. The van der Waals surface area contributed by atoms with Crippen LogP contribution >= 0.6 is 11.8 Å². The molecule has 0 bridgehead atoms. The van der Waals surface area contributed by atoms with E-state index >= 15 is 0 Å². The van der Waals surface area contributed by atoms with Crippen LogP contribution in [-0.2, 0) is 0 Å². The zero-order chi connectivity index (χ0) is 16.8. The second-order valence-corrected chi connectivity index (χ2v) is 5.79. The Kier molecular flexibility index (Phi) is 4.93. The van der Waals surface area contributed by atoms with E-state index in [2.05, 4.69) is 10.5 Å². The van der Waals surface area contributed by atoms with E-state index in [1.807, 2.05) is 36.4 Å². The summed E-state index contributed by atoms with van der Waals surface area (Å²) in [7, 11) is 0. The van der Waals surface area contributed by atoms with Crippen molar-refractivity contribution in [2.75, 3.05) is 5.43 Å². The first kappa shape index (κ1) is 15.8. The summed E-state index contributed by atoms with van der Waals surface area (Å²) >= 11 is 1.46. The summed E-state index contributed by atoms with van der Waals surface area (Å²) in [5.74, 6) is 0.637. The van der Waals surface area contributed by atoms with E-state index in [9.17, 15) is 10.1 Å². The Bertz CT molecular complexity index is 831. The van der Waals surface area contributed by atoms with Gasteiger partial charge in [0.05, 0.1) is 16.9 Å². The SMILES string of the molecule is O=[N+]([O-])c1ccc(NN=C(Sc2ccccc2)c2ccco2)cc1. The van der Waals surface area contributed by atoms with Gasteiger partial charge < -0.3 is 4.42 Å². The molecule has 0 amide bonds. The Morgan fingerprint density at radius 1 is 1.04 bits per heavy atom. The number of nitrogens with one attached hydrogen (secondary N) is 1. The molecular weight excluding hydrogens is 326 g/mol. The number of benzene rings is 2. The van der Waals surface area contributed by atoms with Gasteiger partial charge in [0.1, 0.15) is 0 Å². The van der Waals surface area contributed by atoms with E-state index in [0.29, 0.717) is 16.5 Å². The van der Waals surface area contributed by atoms with Crippen LogP contribution in [0.15, 0.2) is 87.4 Å². The molecule has 2 aromatic carbocycles. The summed E-state index contributed by atoms with van der Waals surface area (Å²) < 4.78 is 5.43. The molecule has 0 fully saturated rings. The van der Waals surface area contributed by atoms with E-state index < -0.39 is 4.92 Å². The van der Waals surface area contributed by atoms with E-state index in [1.165, 1.54) is 23.9 Å². The maximum absolute atomic E-state index is 10.7. The number of hydrogen-bond acceptors (Lipinski definition) is 6. The van der Waals surface area contributed by atoms with E-state index in [1.54, 1.807) is 24.5 Å². The van der Waals surface area contributed by atoms with Crippen LogP contribution in [0.25, 0.3) is 0 Å². The van der Waals surface area contributed by atoms with Crippen molar-refractivity contribution in [3.8, 4) is 0 Å². The molecule has 0 aliphatic carbocycles. The van der Waals surface area contributed by atoms with Crippen molar-refractivity contribution in [2.45, 2.75) is 4.90 Å². The maximum atomic E-state index is 10.7. The Balaban J connectivity index is 1.80. The fourth-order valence-corrected chi connectivity index (χ4v) is 2.73. The van der Waals surface area contributed by atoms with Crippen molar-refractivity contribution in [2.24, 2.45) is 5.10 Å². The number of anilines is 1. The van der Waals surface area contributed by atoms with Crippen molar-refractivity contribution in [3.63, 3.8) is 0 Å². The molecule has 0 unspecified atom stereocenters. The monoisotopic (exact) mass is 339 g/mol. The fraction of sp³-hybridized carbons (Fsp3) is 0. The zero-order valence-electron chi connectivity index (χ0n) is 12.5. The van der Waals surface area contributed by atoms with Gasteiger partial charge in [-0.1, -0.05) is 30.0 Å². The third-order valence-corrected chi connectivity index (χ3v) is 4.05. The van der Waals surface area contributed by atoms with Crippen LogP contribution in [0.2, 0.25) is 0 Å². The van der Waals surface area contributed by atoms with Gasteiger partial charge in [-0.15, -0.1) is 0 Å². The third kappa shape index (κ3) is 4.02. The van der Waals surface area contributed by atoms with Gasteiger partial charge in [-0.3, -0.25) is 15.5 Å². The summed E-state index contributed by atoms with van der Waals surface area (Å²) in [6.45, 7) is 0. The Morgan fingerprint density at radius 2 is 1.79 bits per heavy atom. The quantitative estimate of drug-likeness (QED) is 0.238. The highest BCUT2D eigenvalue weighted by molar-refractivity contribution is 8.14. The lowest BCUT2D eigenvalue weighted by Gasteiger charge is -2.05. The predicted octanol–water partition coefficient (Wildman–Crippen LogP) is 4.75. The molecule has 120 valence electrons.